The van der Waals surface area contributed by atoms with Crippen LogP contribution in [0.2, 0.25) is 0 Å². The van der Waals surface area contributed by atoms with Gasteiger partial charge in [-0.15, -0.1) is 0 Å². The van der Waals surface area contributed by atoms with Gasteiger partial charge < -0.3 is 10.1 Å². The number of aromatic nitrogens is 2. The Bertz CT molecular complexity index is 923. The molecule has 1 aromatic heterocycles. The van der Waals surface area contributed by atoms with Crippen molar-refractivity contribution in [2.75, 3.05) is 6.54 Å². The molecule has 0 spiro atoms. The third kappa shape index (κ3) is 5.63. The van der Waals surface area contributed by atoms with E-state index in [-0.39, 0.29) is 5.91 Å². The maximum Gasteiger partial charge on any atom is 0.298 e. The van der Waals surface area contributed by atoms with E-state index in [1.54, 1.807) is 6.07 Å². The van der Waals surface area contributed by atoms with Crippen molar-refractivity contribution in [1.82, 2.24) is 14.7 Å². The Hall–Kier alpha value is -2.73. The van der Waals surface area contributed by atoms with Crippen molar-refractivity contribution in [2.24, 2.45) is 5.92 Å². The minimum absolute atomic E-state index is 0.0902. The maximum absolute atomic E-state index is 12.4. The zero-order valence-electron chi connectivity index (χ0n) is 16.4. The van der Waals surface area contributed by atoms with Gasteiger partial charge in [0.1, 0.15) is 5.75 Å². The van der Waals surface area contributed by atoms with Crippen LogP contribution >= 0.6 is 11.5 Å². The van der Waals surface area contributed by atoms with Crippen molar-refractivity contribution in [2.45, 2.75) is 33.6 Å². The molecule has 28 heavy (non-hydrogen) atoms. The van der Waals surface area contributed by atoms with E-state index in [2.05, 4.69) is 28.5 Å². The summed E-state index contributed by atoms with van der Waals surface area (Å²) in [5.41, 5.74) is 2.68. The van der Waals surface area contributed by atoms with Gasteiger partial charge in [0.15, 0.2) is 5.82 Å². The maximum atomic E-state index is 12.4. The Kier molecular flexibility index (Phi) is 6.76. The van der Waals surface area contributed by atoms with Crippen molar-refractivity contribution in [3.8, 4) is 10.9 Å². The lowest BCUT2D eigenvalue weighted by atomic mass is 10.1. The summed E-state index contributed by atoms with van der Waals surface area (Å²) < 4.78 is 10.3. The van der Waals surface area contributed by atoms with E-state index in [4.69, 9.17) is 4.74 Å². The van der Waals surface area contributed by atoms with Crippen LogP contribution in [0.25, 0.3) is 0 Å². The number of carbonyl (C=O) groups is 1. The van der Waals surface area contributed by atoms with Crippen molar-refractivity contribution in [3.05, 3.63) is 71.0 Å². The molecular formula is C22H25N3O2S. The molecular weight excluding hydrogens is 370 g/mol. The zero-order chi connectivity index (χ0) is 19.9. The first-order valence-corrected chi connectivity index (χ1v) is 10.2. The van der Waals surface area contributed by atoms with Gasteiger partial charge in [-0.2, -0.15) is 9.36 Å². The molecule has 2 aromatic carbocycles. The smallest absolute Gasteiger partial charge is 0.298 e. The highest BCUT2D eigenvalue weighted by molar-refractivity contribution is 7.07. The number of hydrogen-bond donors (Lipinski definition) is 1. The predicted molar refractivity (Wildman–Crippen MR) is 112 cm³/mol. The average molecular weight is 396 g/mol. The lowest BCUT2D eigenvalue weighted by molar-refractivity contribution is 0.0951. The molecule has 0 saturated carbocycles. The fourth-order valence-corrected chi connectivity index (χ4v) is 3.21. The van der Waals surface area contributed by atoms with Gasteiger partial charge in [-0.05, 0) is 42.5 Å². The van der Waals surface area contributed by atoms with Gasteiger partial charge in [0.2, 0.25) is 0 Å². The first-order valence-electron chi connectivity index (χ1n) is 9.44. The number of nitrogens with zero attached hydrogens (tertiary/aromatic N) is 2. The summed E-state index contributed by atoms with van der Waals surface area (Å²) in [6.45, 7) is 6.89. The van der Waals surface area contributed by atoms with Crippen LogP contribution in [0, 0.1) is 12.8 Å². The highest BCUT2D eigenvalue weighted by atomic mass is 32.1. The predicted octanol–water partition coefficient (Wildman–Crippen LogP) is 5.01. The second-order valence-electron chi connectivity index (χ2n) is 7.16. The summed E-state index contributed by atoms with van der Waals surface area (Å²) in [5, 5.41) is 3.43. The van der Waals surface area contributed by atoms with E-state index < -0.39 is 0 Å². The molecule has 0 radical (unpaired) electrons. The van der Waals surface area contributed by atoms with E-state index in [1.807, 2.05) is 49.4 Å². The lowest BCUT2D eigenvalue weighted by Gasteiger charge is -2.10. The summed E-state index contributed by atoms with van der Waals surface area (Å²) in [5.74, 6) is 1.82. The molecule has 0 atom stereocenters. The SMILES string of the molecule is Cc1ccc(C(=O)NCCC(C)C)cc1Oc1nc(Cc2ccccc2)ns1. The Morgan fingerprint density at radius 3 is 2.71 bits per heavy atom. The van der Waals surface area contributed by atoms with Crippen LogP contribution < -0.4 is 10.1 Å². The van der Waals surface area contributed by atoms with Crippen molar-refractivity contribution >= 4 is 17.4 Å². The quantitative estimate of drug-likeness (QED) is 0.583. The van der Waals surface area contributed by atoms with E-state index in [9.17, 15) is 4.79 Å². The third-order valence-corrected chi connectivity index (χ3v) is 4.94. The fraction of sp³-hybridized carbons (Fsp3) is 0.318. The zero-order valence-corrected chi connectivity index (χ0v) is 17.3. The van der Waals surface area contributed by atoms with Crippen LogP contribution in [-0.2, 0) is 6.42 Å². The van der Waals surface area contributed by atoms with E-state index >= 15 is 0 Å². The second-order valence-corrected chi connectivity index (χ2v) is 7.87. The molecule has 6 heteroatoms. The standard InChI is InChI=1S/C22H25N3O2S/c1-15(2)11-12-23-21(26)18-10-9-16(3)19(14-18)27-22-24-20(25-28-22)13-17-7-5-4-6-8-17/h4-10,14-15H,11-13H2,1-3H3,(H,23,26). The Morgan fingerprint density at radius 2 is 1.96 bits per heavy atom. The number of carbonyl (C=O) groups excluding carboxylic acids is 1. The molecule has 0 bridgehead atoms. The number of ether oxygens (including phenoxy) is 1. The van der Waals surface area contributed by atoms with Crippen molar-refractivity contribution < 1.29 is 9.53 Å². The largest absolute Gasteiger partial charge is 0.430 e. The number of benzene rings is 2. The highest BCUT2D eigenvalue weighted by Crippen LogP contribution is 2.28. The molecule has 5 nitrogen and oxygen atoms in total. The summed E-state index contributed by atoms with van der Waals surface area (Å²) in [4.78, 5) is 16.8. The number of aryl methyl sites for hydroxylation is 1. The van der Waals surface area contributed by atoms with Gasteiger partial charge in [-0.3, -0.25) is 4.79 Å². The van der Waals surface area contributed by atoms with Gasteiger partial charge in [-0.25, -0.2) is 0 Å². The van der Waals surface area contributed by atoms with Crippen LogP contribution in [0.5, 0.6) is 10.9 Å². The lowest BCUT2D eigenvalue weighted by Crippen LogP contribution is -2.25. The van der Waals surface area contributed by atoms with Crippen LogP contribution in [0.3, 0.4) is 0 Å². The third-order valence-electron chi connectivity index (χ3n) is 4.31. The van der Waals surface area contributed by atoms with Crippen LogP contribution in [0.1, 0.15) is 47.6 Å². The molecule has 1 N–H and O–H groups in total. The molecule has 1 amide bonds. The Morgan fingerprint density at radius 1 is 1.18 bits per heavy atom. The topological polar surface area (TPSA) is 64.1 Å². The summed E-state index contributed by atoms with van der Waals surface area (Å²) >= 11 is 1.22. The van der Waals surface area contributed by atoms with Gasteiger partial charge in [-0.1, -0.05) is 50.2 Å². The molecule has 0 fully saturated rings. The first-order chi connectivity index (χ1) is 13.5. The number of hydrogen-bond acceptors (Lipinski definition) is 5. The number of rotatable bonds is 8. The van der Waals surface area contributed by atoms with Crippen LogP contribution in [-0.4, -0.2) is 21.8 Å². The Labute approximate surface area is 170 Å². The minimum Gasteiger partial charge on any atom is -0.430 e. The van der Waals surface area contributed by atoms with Gasteiger partial charge in [0.25, 0.3) is 11.1 Å². The van der Waals surface area contributed by atoms with E-state index in [1.165, 1.54) is 11.5 Å². The van der Waals surface area contributed by atoms with Gasteiger partial charge in [0.05, 0.1) is 0 Å². The highest BCUT2D eigenvalue weighted by Gasteiger charge is 2.12. The van der Waals surface area contributed by atoms with Crippen molar-refractivity contribution in [3.63, 3.8) is 0 Å². The van der Waals surface area contributed by atoms with E-state index in [0.717, 1.165) is 23.4 Å². The first kappa shape index (κ1) is 20.0. The van der Waals surface area contributed by atoms with Gasteiger partial charge >= 0.3 is 0 Å². The number of amides is 1. The van der Waals surface area contributed by atoms with Crippen LogP contribution in [0.4, 0.5) is 0 Å². The van der Waals surface area contributed by atoms with Gasteiger partial charge in [0, 0.05) is 30.1 Å². The molecule has 3 aromatic rings. The molecule has 0 unspecified atom stereocenters. The Balaban J connectivity index is 1.66. The summed E-state index contributed by atoms with van der Waals surface area (Å²) in [6, 6.07) is 15.5. The summed E-state index contributed by atoms with van der Waals surface area (Å²) in [7, 11) is 0. The van der Waals surface area contributed by atoms with E-state index in [0.29, 0.717) is 35.4 Å². The molecule has 0 saturated heterocycles. The molecule has 1 heterocycles. The monoisotopic (exact) mass is 395 g/mol. The molecule has 0 aliphatic rings. The average Bonchev–Trinajstić information content (AvgIpc) is 3.11. The fourth-order valence-electron chi connectivity index (χ4n) is 2.65. The normalized spacial score (nSPS) is 10.9. The molecule has 0 aliphatic heterocycles. The second kappa shape index (κ2) is 9.46. The number of nitrogens with one attached hydrogen (secondary N) is 1. The summed E-state index contributed by atoms with van der Waals surface area (Å²) in [6.07, 6.45) is 1.62. The van der Waals surface area contributed by atoms with Crippen LogP contribution in [0.15, 0.2) is 48.5 Å². The molecule has 3 rings (SSSR count). The molecule has 0 aliphatic carbocycles. The molecule has 146 valence electrons. The van der Waals surface area contributed by atoms with Crippen molar-refractivity contribution in [1.29, 1.82) is 0 Å². The minimum atomic E-state index is -0.0902.